The zero-order chi connectivity index (χ0) is 12.4. The third-order valence-corrected chi connectivity index (χ3v) is 2.83. The molecule has 1 aromatic rings. The molecule has 1 amide bonds. The van der Waals surface area contributed by atoms with Gasteiger partial charge in [0.25, 0.3) is 0 Å². The summed E-state index contributed by atoms with van der Waals surface area (Å²) in [6.07, 6.45) is -0.673. The van der Waals surface area contributed by atoms with E-state index in [1.54, 1.807) is 20.0 Å². The lowest BCUT2D eigenvalue weighted by atomic mass is 10.2. The molecule has 0 spiro atoms. The highest BCUT2D eigenvalue weighted by atomic mass is 19.1. The number of hydrogen-bond donors (Lipinski definition) is 1. The highest BCUT2D eigenvalue weighted by Crippen LogP contribution is 2.13. The number of aromatic nitrogens is 1. The minimum atomic E-state index is -0.924. The van der Waals surface area contributed by atoms with E-state index in [0.29, 0.717) is 18.0 Å². The fraction of sp³-hybridized carbons (Fsp3) is 0.636. The van der Waals surface area contributed by atoms with Gasteiger partial charge in [0.2, 0.25) is 5.91 Å². The second-order valence-electron chi connectivity index (χ2n) is 4.42. The normalized spacial score (nSPS) is 23.9. The summed E-state index contributed by atoms with van der Waals surface area (Å²) < 4.78 is 17.9. The molecular formula is C11H16FN3O2. The van der Waals surface area contributed by atoms with Crippen LogP contribution in [0.2, 0.25) is 0 Å². The average Bonchev–Trinajstić information content (AvgIpc) is 2.87. The molecule has 1 N–H and O–H groups in total. The molecule has 1 fully saturated rings. The van der Waals surface area contributed by atoms with Gasteiger partial charge in [-0.2, -0.15) is 0 Å². The van der Waals surface area contributed by atoms with Crippen molar-refractivity contribution in [3.05, 3.63) is 17.5 Å². The third-order valence-electron chi connectivity index (χ3n) is 2.83. The number of nitrogens with zero attached hydrogens (tertiary/aromatic N) is 2. The standard InChI is InChI=1S/C11H16FN3O2/c1-7-3-9(14-17-7)6-15(2)11(16)10-4-8(12)5-13-10/h3,8,10,13H,4-6H2,1-2H3/t8-,10+/m0/s1. The van der Waals surface area contributed by atoms with Crippen molar-refractivity contribution in [2.75, 3.05) is 13.6 Å². The molecule has 0 saturated carbocycles. The Labute approximate surface area is 98.9 Å². The van der Waals surface area contributed by atoms with Crippen LogP contribution in [0.3, 0.4) is 0 Å². The van der Waals surface area contributed by atoms with Crippen molar-refractivity contribution in [1.29, 1.82) is 0 Å². The minimum Gasteiger partial charge on any atom is -0.361 e. The maximum Gasteiger partial charge on any atom is 0.239 e. The molecule has 1 aromatic heterocycles. The molecule has 94 valence electrons. The molecule has 1 aliphatic rings. The Balaban J connectivity index is 1.91. The number of carbonyl (C=O) groups excluding carboxylic acids is 1. The van der Waals surface area contributed by atoms with E-state index in [1.807, 2.05) is 0 Å². The summed E-state index contributed by atoms with van der Waals surface area (Å²) in [4.78, 5) is 13.5. The highest BCUT2D eigenvalue weighted by Gasteiger charge is 2.31. The molecule has 2 heterocycles. The largest absolute Gasteiger partial charge is 0.361 e. The predicted molar refractivity (Wildman–Crippen MR) is 59.0 cm³/mol. The van der Waals surface area contributed by atoms with Gasteiger partial charge in [-0.25, -0.2) is 4.39 Å². The van der Waals surface area contributed by atoms with Crippen LogP contribution in [0.25, 0.3) is 0 Å². The Morgan fingerprint density at radius 2 is 2.53 bits per heavy atom. The van der Waals surface area contributed by atoms with E-state index in [-0.39, 0.29) is 18.9 Å². The molecule has 0 bridgehead atoms. The van der Waals surface area contributed by atoms with Crippen LogP contribution in [-0.2, 0) is 11.3 Å². The summed E-state index contributed by atoms with van der Waals surface area (Å²) in [6.45, 7) is 2.43. The van der Waals surface area contributed by atoms with Crippen LogP contribution < -0.4 is 5.32 Å². The molecule has 6 heteroatoms. The van der Waals surface area contributed by atoms with Gasteiger partial charge in [0, 0.05) is 26.1 Å². The number of nitrogens with one attached hydrogen (secondary N) is 1. The number of carbonyl (C=O) groups is 1. The first-order valence-corrected chi connectivity index (χ1v) is 5.61. The number of likely N-dealkylation sites (N-methyl/N-ethyl adjacent to an activating group) is 1. The van der Waals surface area contributed by atoms with Gasteiger partial charge in [0.05, 0.1) is 12.6 Å². The average molecular weight is 241 g/mol. The van der Waals surface area contributed by atoms with Crippen molar-refractivity contribution in [3.63, 3.8) is 0 Å². The smallest absolute Gasteiger partial charge is 0.239 e. The number of halogens is 1. The maximum atomic E-state index is 13.0. The van der Waals surface area contributed by atoms with Gasteiger partial charge >= 0.3 is 0 Å². The van der Waals surface area contributed by atoms with E-state index >= 15 is 0 Å². The lowest BCUT2D eigenvalue weighted by molar-refractivity contribution is -0.132. The summed E-state index contributed by atoms with van der Waals surface area (Å²) in [7, 11) is 1.68. The van der Waals surface area contributed by atoms with Gasteiger partial charge in [0.15, 0.2) is 0 Å². The van der Waals surface area contributed by atoms with Gasteiger partial charge in [0.1, 0.15) is 17.6 Å². The third kappa shape index (κ3) is 2.82. The molecule has 2 atom stereocenters. The van der Waals surface area contributed by atoms with Crippen LogP contribution in [-0.4, -0.2) is 41.8 Å². The molecule has 5 nitrogen and oxygen atoms in total. The SMILES string of the molecule is Cc1cc(CN(C)C(=O)[C@H]2C[C@H](F)CN2)no1. The van der Waals surface area contributed by atoms with Crippen LogP contribution >= 0.6 is 0 Å². The fourth-order valence-electron chi connectivity index (χ4n) is 1.96. The van der Waals surface area contributed by atoms with E-state index in [4.69, 9.17) is 4.52 Å². The van der Waals surface area contributed by atoms with Gasteiger partial charge in [-0.15, -0.1) is 0 Å². The zero-order valence-electron chi connectivity index (χ0n) is 9.94. The monoisotopic (exact) mass is 241 g/mol. The summed E-state index contributed by atoms with van der Waals surface area (Å²) in [5, 5.41) is 6.68. The van der Waals surface area contributed by atoms with Crippen molar-refractivity contribution < 1.29 is 13.7 Å². The number of amides is 1. The van der Waals surface area contributed by atoms with E-state index in [0.717, 1.165) is 0 Å². The summed E-state index contributed by atoms with van der Waals surface area (Å²) in [5.41, 5.74) is 0.702. The topological polar surface area (TPSA) is 58.4 Å². The number of aryl methyl sites for hydroxylation is 1. The molecule has 0 radical (unpaired) electrons. The molecule has 2 rings (SSSR count). The first-order valence-electron chi connectivity index (χ1n) is 5.61. The Morgan fingerprint density at radius 1 is 1.76 bits per heavy atom. The van der Waals surface area contributed by atoms with Crippen LogP contribution in [0, 0.1) is 6.92 Å². The van der Waals surface area contributed by atoms with E-state index in [1.165, 1.54) is 4.90 Å². The van der Waals surface area contributed by atoms with E-state index in [2.05, 4.69) is 10.5 Å². The van der Waals surface area contributed by atoms with E-state index in [9.17, 15) is 9.18 Å². The number of hydrogen-bond acceptors (Lipinski definition) is 4. The summed E-state index contributed by atoms with van der Waals surface area (Å²) in [6, 6.07) is 1.37. The van der Waals surface area contributed by atoms with Crippen LogP contribution in [0.15, 0.2) is 10.6 Å². The van der Waals surface area contributed by atoms with Crippen molar-refractivity contribution in [3.8, 4) is 0 Å². The Bertz CT molecular complexity index is 407. The Morgan fingerprint density at radius 3 is 3.06 bits per heavy atom. The molecule has 0 aromatic carbocycles. The fourth-order valence-corrected chi connectivity index (χ4v) is 1.96. The minimum absolute atomic E-state index is 0.106. The maximum absolute atomic E-state index is 13.0. The molecule has 1 saturated heterocycles. The molecule has 17 heavy (non-hydrogen) atoms. The molecular weight excluding hydrogens is 225 g/mol. The van der Waals surface area contributed by atoms with Gasteiger partial charge in [-0.3, -0.25) is 4.79 Å². The zero-order valence-corrected chi connectivity index (χ0v) is 9.94. The number of rotatable bonds is 3. The highest BCUT2D eigenvalue weighted by molar-refractivity contribution is 5.82. The Hall–Kier alpha value is -1.43. The van der Waals surface area contributed by atoms with Gasteiger partial charge in [-0.05, 0) is 6.92 Å². The van der Waals surface area contributed by atoms with Crippen molar-refractivity contribution in [2.45, 2.75) is 32.1 Å². The molecule has 0 unspecified atom stereocenters. The lowest BCUT2D eigenvalue weighted by Gasteiger charge is -2.19. The summed E-state index contributed by atoms with van der Waals surface area (Å²) >= 11 is 0. The second-order valence-corrected chi connectivity index (χ2v) is 4.42. The second kappa shape index (κ2) is 4.83. The van der Waals surface area contributed by atoms with Crippen molar-refractivity contribution in [1.82, 2.24) is 15.4 Å². The summed E-state index contributed by atoms with van der Waals surface area (Å²) in [5.74, 6) is 0.606. The predicted octanol–water partition coefficient (Wildman–Crippen LogP) is 0.641. The van der Waals surface area contributed by atoms with Crippen LogP contribution in [0.4, 0.5) is 4.39 Å². The first kappa shape index (κ1) is 12.0. The first-order chi connectivity index (χ1) is 8.06. The van der Waals surface area contributed by atoms with Crippen molar-refractivity contribution in [2.24, 2.45) is 0 Å². The van der Waals surface area contributed by atoms with Gasteiger partial charge < -0.3 is 14.7 Å². The lowest BCUT2D eigenvalue weighted by Crippen LogP contribution is -2.41. The molecule has 1 aliphatic heterocycles. The van der Waals surface area contributed by atoms with E-state index < -0.39 is 12.2 Å². The van der Waals surface area contributed by atoms with Gasteiger partial charge in [-0.1, -0.05) is 5.16 Å². The van der Waals surface area contributed by atoms with Crippen LogP contribution in [0.5, 0.6) is 0 Å². The van der Waals surface area contributed by atoms with Crippen LogP contribution in [0.1, 0.15) is 17.9 Å². The van der Waals surface area contributed by atoms with Crippen molar-refractivity contribution >= 4 is 5.91 Å². The Kier molecular flexibility index (Phi) is 3.42. The number of alkyl halides is 1. The molecule has 0 aliphatic carbocycles. The quantitative estimate of drug-likeness (QED) is 0.843.